The number of fused-ring (bicyclic) bond motifs is 3. The molecule has 0 N–H and O–H groups in total. The molecule has 0 spiro atoms. The highest BCUT2D eigenvalue weighted by molar-refractivity contribution is 7.90. The Bertz CT molecular complexity index is 1230. The highest BCUT2D eigenvalue weighted by Crippen LogP contribution is 2.36. The summed E-state index contributed by atoms with van der Waals surface area (Å²) in [6.45, 7) is 6.88. The van der Waals surface area contributed by atoms with E-state index in [1.807, 2.05) is 13.0 Å². The topological polar surface area (TPSA) is 85.2 Å². The monoisotopic (exact) mass is 412 g/mol. The fraction of sp³-hybridized carbons (Fsp3) is 0.381. The van der Waals surface area contributed by atoms with Crippen molar-refractivity contribution >= 4 is 32.5 Å². The minimum Gasteiger partial charge on any atom is -0.341 e. The fourth-order valence-electron chi connectivity index (χ4n) is 4.14. The second-order valence-corrected chi connectivity index (χ2v) is 9.57. The summed E-state index contributed by atoms with van der Waals surface area (Å²) >= 11 is 0. The molecule has 152 valence electrons. The van der Waals surface area contributed by atoms with Crippen molar-refractivity contribution in [3.63, 3.8) is 0 Å². The molecule has 0 aliphatic carbocycles. The van der Waals surface area contributed by atoms with Gasteiger partial charge in [-0.3, -0.25) is 4.79 Å². The molecule has 0 fully saturated rings. The van der Waals surface area contributed by atoms with Gasteiger partial charge in [-0.15, -0.1) is 0 Å². The smallest absolute Gasteiger partial charge is 0.226 e. The van der Waals surface area contributed by atoms with Crippen molar-refractivity contribution < 1.29 is 13.2 Å². The van der Waals surface area contributed by atoms with Crippen molar-refractivity contribution in [1.82, 2.24) is 14.5 Å². The summed E-state index contributed by atoms with van der Waals surface area (Å²) in [4.78, 5) is 23.3. The van der Waals surface area contributed by atoms with Gasteiger partial charge in [0.05, 0.1) is 22.2 Å². The number of carbonyl (C=O) groups excluding carboxylic acids is 1. The van der Waals surface area contributed by atoms with E-state index >= 15 is 0 Å². The van der Waals surface area contributed by atoms with Gasteiger partial charge in [-0.05, 0) is 38.5 Å². The lowest BCUT2D eigenvalue weighted by atomic mass is 10.1. The number of rotatable bonds is 4. The molecule has 0 amide bonds. The van der Waals surface area contributed by atoms with Crippen molar-refractivity contribution in [2.45, 2.75) is 44.7 Å². The maximum Gasteiger partial charge on any atom is 0.226 e. The summed E-state index contributed by atoms with van der Waals surface area (Å²) in [6.07, 6.45) is 3.69. The Labute approximate surface area is 170 Å². The molecule has 3 aromatic rings. The van der Waals surface area contributed by atoms with Gasteiger partial charge in [-0.1, -0.05) is 13.0 Å². The van der Waals surface area contributed by atoms with Crippen LogP contribution in [0, 0.1) is 6.92 Å². The summed E-state index contributed by atoms with van der Waals surface area (Å²) in [7, 11) is -3.26. The average Bonchev–Trinajstić information content (AvgIpc) is 3.04. The number of carbonyl (C=O) groups is 1. The van der Waals surface area contributed by atoms with Crippen LogP contribution in [-0.2, 0) is 16.4 Å². The third-order valence-electron chi connectivity index (χ3n) is 5.61. The first-order chi connectivity index (χ1) is 13.7. The largest absolute Gasteiger partial charge is 0.341 e. The van der Waals surface area contributed by atoms with Gasteiger partial charge < -0.3 is 9.47 Å². The third-order valence-corrected chi connectivity index (χ3v) is 6.72. The number of sulfone groups is 1. The standard InChI is InChI=1S/C21H24N4O3S/c1-5-18-20-10-15-6-7-16(29(4,27)28)11-19(15)24(20)8-9-25(18)21-22-12-17(14(3)26)13(2)23-21/h6-7,10-12,18H,5,8-9H2,1-4H3/t18-/m0/s1. The number of Topliss-reactive ketones (excluding diaryl/α,β-unsaturated/α-hetero) is 1. The molecule has 8 heteroatoms. The quantitative estimate of drug-likeness (QED) is 0.611. The Morgan fingerprint density at radius 1 is 1.24 bits per heavy atom. The molecule has 1 aromatic carbocycles. The third kappa shape index (κ3) is 3.31. The first-order valence-corrected chi connectivity index (χ1v) is 11.5. The molecule has 4 rings (SSSR count). The van der Waals surface area contributed by atoms with Crippen LogP contribution in [0.25, 0.3) is 10.9 Å². The van der Waals surface area contributed by atoms with Gasteiger partial charge in [0.25, 0.3) is 0 Å². The van der Waals surface area contributed by atoms with Gasteiger partial charge in [-0.25, -0.2) is 18.4 Å². The number of anilines is 1. The maximum absolute atomic E-state index is 12.0. The molecule has 0 saturated heterocycles. The van der Waals surface area contributed by atoms with Gasteiger partial charge in [-0.2, -0.15) is 0 Å². The van der Waals surface area contributed by atoms with Crippen LogP contribution in [0.3, 0.4) is 0 Å². The van der Waals surface area contributed by atoms with Crippen LogP contribution in [0.2, 0.25) is 0 Å². The number of aromatic nitrogens is 3. The van der Waals surface area contributed by atoms with E-state index in [-0.39, 0.29) is 11.8 Å². The number of benzene rings is 1. The van der Waals surface area contributed by atoms with E-state index in [0.29, 0.717) is 35.2 Å². The normalized spacial score (nSPS) is 16.8. The molecule has 0 bridgehead atoms. The molecule has 3 heterocycles. The molecule has 1 atom stereocenters. The molecular weight excluding hydrogens is 388 g/mol. The lowest BCUT2D eigenvalue weighted by molar-refractivity contribution is 0.101. The van der Waals surface area contributed by atoms with Crippen LogP contribution < -0.4 is 4.90 Å². The maximum atomic E-state index is 12.0. The molecular formula is C21H24N4O3S. The van der Waals surface area contributed by atoms with Gasteiger partial charge in [0.1, 0.15) is 0 Å². The van der Waals surface area contributed by atoms with Crippen molar-refractivity contribution in [2.24, 2.45) is 0 Å². The Morgan fingerprint density at radius 2 is 2.00 bits per heavy atom. The van der Waals surface area contributed by atoms with Crippen LogP contribution in [0.5, 0.6) is 0 Å². The Hall–Kier alpha value is -2.74. The van der Waals surface area contributed by atoms with E-state index in [9.17, 15) is 13.2 Å². The number of hydrogen-bond acceptors (Lipinski definition) is 6. The number of aryl methyl sites for hydroxylation is 1. The van der Waals surface area contributed by atoms with E-state index in [2.05, 4.69) is 32.4 Å². The van der Waals surface area contributed by atoms with Crippen LogP contribution in [-0.4, -0.2) is 41.5 Å². The molecule has 0 unspecified atom stereocenters. The summed E-state index contributed by atoms with van der Waals surface area (Å²) < 4.78 is 26.1. The Balaban J connectivity index is 1.79. The Kier molecular flexibility index (Phi) is 4.69. The van der Waals surface area contributed by atoms with Crippen molar-refractivity contribution in [1.29, 1.82) is 0 Å². The van der Waals surface area contributed by atoms with E-state index in [1.165, 1.54) is 13.2 Å². The van der Waals surface area contributed by atoms with Crippen LogP contribution in [0.4, 0.5) is 5.95 Å². The average molecular weight is 413 g/mol. The summed E-state index contributed by atoms with van der Waals surface area (Å²) in [5.41, 5.74) is 3.28. The minimum absolute atomic E-state index is 0.0402. The van der Waals surface area contributed by atoms with E-state index in [4.69, 9.17) is 0 Å². The van der Waals surface area contributed by atoms with E-state index in [1.54, 1.807) is 18.3 Å². The lowest BCUT2D eigenvalue weighted by Gasteiger charge is -2.37. The van der Waals surface area contributed by atoms with Crippen LogP contribution in [0.15, 0.2) is 35.4 Å². The molecule has 1 aliphatic heterocycles. The van der Waals surface area contributed by atoms with Gasteiger partial charge in [0, 0.05) is 42.1 Å². The van der Waals surface area contributed by atoms with Gasteiger partial charge in [0.2, 0.25) is 5.95 Å². The minimum atomic E-state index is -3.26. The highest BCUT2D eigenvalue weighted by atomic mass is 32.2. The molecule has 0 saturated carbocycles. The highest BCUT2D eigenvalue weighted by Gasteiger charge is 2.30. The summed E-state index contributed by atoms with van der Waals surface area (Å²) in [5, 5.41) is 1.02. The summed E-state index contributed by atoms with van der Waals surface area (Å²) in [5.74, 6) is 0.578. The second kappa shape index (κ2) is 6.95. The van der Waals surface area contributed by atoms with Crippen molar-refractivity contribution in [3.8, 4) is 0 Å². The molecule has 1 aliphatic rings. The number of hydrogen-bond donors (Lipinski definition) is 0. The van der Waals surface area contributed by atoms with Gasteiger partial charge >= 0.3 is 0 Å². The first kappa shape index (κ1) is 19.6. The predicted octanol–water partition coefficient (Wildman–Crippen LogP) is 3.32. The SMILES string of the molecule is CC[C@H]1c2cc3ccc(S(C)(=O)=O)cc3n2CCN1c1ncc(C(C)=O)c(C)n1. The van der Waals surface area contributed by atoms with Gasteiger partial charge in [0.15, 0.2) is 15.6 Å². The number of nitrogens with zero attached hydrogens (tertiary/aromatic N) is 4. The molecule has 29 heavy (non-hydrogen) atoms. The van der Waals surface area contributed by atoms with Crippen molar-refractivity contribution in [2.75, 3.05) is 17.7 Å². The fourth-order valence-corrected chi connectivity index (χ4v) is 4.78. The second-order valence-electron chi connectivity index (χ2n) is 7.56. The molecule has 2 aromatic heterocycles. The lowest BCUT2D eigenvalue weighted by Crippen LogP contribution is -2.39. The van der Waals surface area contributed by atoms with E-state index < -0.39 is 9.84 Å². The van der Waals surface area contributed by atoms with Crippen LogP contribution >= 0.6 is 0 Å². The zero-order chi connectivity index (χ0) is 20.9. The summed E-state index contributed by atoms with van der Waals surface area (Å²) in [6, 6.07) is 7.49. The zero-order valence-electron chi connectivity index (χ0n) is 17.0. The number of ketones is 1. The first-order valence-electron chi connectivity index (χ1n) is 9.65. The Morgan fingerprint density at radius 3 is 2.62 bits per heavy atom. The predicted molar refractivity (Wildman–Crippen MR) is 112 cm³/mol. The van der Waals surface area contributed by atoms with Crippen molar-refractivity contribution in [3.05, 3.63) is 47.4 Å². The van der Waals surface area contributed by atoms with E-state index in [0.717, 1.165) is 23.0 Å². The zero-order valence-corrected chi connectivity index (χ0v) is 17.8. The van der Waals surface area contributed by atoms with Crippen LogP contribution in [0.1, 0.15) is 48.1 Å². The molecule has 0 radical (unpaired) electrons. The molecule has 7 nitrogen and oxygen atoms in total.